The highest BCUT2D eigenvalue weighted by Gasteiger charge is 2.54. The molecule has 0 unspecified atom stereocenters. The van der Waals surface area contributed by atoms with Crippen molar-refractivity contribution in [2.24, 2.45) is 5.92 Å². The van der Waals surface area contributed by atoms with Crippen LogP contribution in [0.2, 0.25) is 0 Å². The van der Waals surface area contributed by atoms with Crippen molar-refractivity contribution in [2.45, 2.75) is 44.2 Å². The minimum atomic E-state index is -0.241. The van der Waals surface area contributed by atoms with Gasteiger partial charge in [-0.3, -0.25) is 0 Å². The summed E-state index contributed by atoms with van der Waals surface area (Å²) in [4.78, 5) is 15.2. The number of carbonyl (C=O) groups is 1. The highest BCUT2D eigenvalue weighted by Crippen LogP contribution is 2.45. The second-order valence-corrected chi connectivity index (χ2v) is 7.69. The van der Waals surface area contributed by atoms with E-state index in [2.05, 4.69) is 46.7 Å². The van der Waals surface area contributed by atoms with Crippen molar-refractivity contribution in [2.75, 3.05) is 32.8 Å². The molecule has 0 bridgehead atoms. The number of hydrogen-bond acceptors (Lipinski definition) is 3. The number of hydrogen-bond donors (Lipinski definition) is 2. The Labute approximate surface area is 150 Å². The third-order valence-corrected chi connectivity index (χ3v) is 6.25. The zero-order valence-electron chi connectivity index (χ0n) is 15.1. The molecule has 3 fully saturated rings. The molecule has 5 nitrogen and oxygen atoms in total. The van der Waals surface area contributed by atoms with Crippen molar-refractivity contribution >= 4 is 6.03 Å². The van der Waals surface area contributed by atoms with E-state index in [0.717, 1.165) is 52.0 Å². The van der Waals surface area contributed by atoms with Gasteiger partial charge in [-0.15, -0.1) is 0 Å². The van der Waals surface area contributed by atoms with Crippen molar-refractivity contribution in [3.8, 4) is 0 Å². The molecule has 1 aromatic carbocycles. The van der Waals surface area contributed by atoms with Crippen LogP contribution in [0.25, 0.3) is 0 Å². The molecule has 0 aromatic heterocycles. The van der Waals surface area contributed by atoms with Gasteiger partial charge < -0.3 is 20.3 Å². The van der Waals surface area contributed by atoms with Gasteiger partial charge in [-0.2, -0.15) is 0 Å². The summed E-state index contributed by atoms with van der Waals surface area (Å²) >= 11 is 0. The maximum absolute atomic E-state index is 13.0. The van der Waals surface area contributed by atoms with Gasteiger partial charge in [-0.05, 0) is 57.2 Å². The minimum Gasteiger partial charge on any atom is -0.381 e. The van der Waals surface area contributed by atoms with Gasteiger partial charge in [0, 0.05) is 25.8 Å². The molecule has 2 amide bonds. The zero-order valence-corrected chi connectivity index (χ0v) is 15.1. The van der Waals surface area contributed by atoms with Crippen LogP contribution in [0.1, 0.15) is 36.8 Å². The zero-order chi connectivity index (χ0) is 17.3. The number of benzene rings is 1. The standard InChI is InChI=1S/C20H29N3O2/c1-15-3-2-4-17(13-15)20(16-7-11-25-12-8-16)14-22-19(24)23(20)18-5-9-21-10-6-18/h2-4,13,16,18,21H,5-12,14H2,1H3,(H,22,24)/t20-/m1/s1. The lowest BCUT2D eigenvalue weighted by Crippen LogP contribution is -2.57. The predicted molar refractivity (Wildman–Crippen MR) is 97.5 cm³/mol. The van der Waals surface area contributed by atoms with Crippen molar-refractivity contribution in [3.63, 3.8) is 0 Å². The van der Waals surface area contributed by atoms with E-state index < -0.39 is 0 Å². The molecule has 0 aliphatic carbocycles. The topological polar surface area (TPSA) is 53.6 Å². The van der Waals surface area contributed by atoms with Crippen LogP contribution in [0.5, 0.6) is 0 Å². The average molecular weight is 343 g/mol. The summed E-state index contributed by atoms with van der Waals surface area (Å²) in [5, 5.41) is 6.63. The molecule has 1 aromatic rings. The third kappa shape index (κ3) is 2.93. The highest BCUT2D eigenvalue weighted by molar-refractivity contribution is 5.79. The lowest BCUT2D eigenvalue weighted by atomic mass is 9.72. The molecule has 3 aliphatic rings. The van der Waals surface area contributed by atoms with Gasteiger partial charge in [0.1, 0.15) is 0 Å². The smallest absolute Gasteiger partial charge is 0.318 e. The first-order chi connectivity index (χ1) is 12.2. The van der Waals surface area contributed by atoms with E-state index in [1.807, 2.05) is 0 Å². The number of rotatable bonds is 3. The first-order valence-electron chi connectivity index (χ1n) is 9.64. The van der Waals surface area contributed by atoms with Gasteiger partial charge in [-0.25, -0.2) is 4.79 Å². The molecular formula is C20H29N3O2. The molecule has 2 N–H and O–H groups in total. The van der Waals surface area contributed by atoms with Gasteiger partial charge >= 0.3 is 6.03 Å². The summed E-state index contributed by atoms with van der Waals surface area (Å²) in [7, 11) is 0. The second-order valence-electron chi connectivity index (χ2n) is 7.69. The Morgan fingerprint density at radius 3 is 2.64 bits per heavy atom. The Hall–Kier alpha value is -1.59. The molecule has 0 spiro atoms. The number of nitrogens with one attached hydrogen (secondary N) is 2. The van der Waals surface area contributed by atoms with Gasteiger partial charge in [-0.1, -0.05) is 29.8 Å². The number of urea groups is 1. The van der Waals surface area contributed by atoms with E-state index >= 15 is 0 Å². The Balaban J connectivity index is 1.79. The Kier molecular flexibility index (Phi) is 4.69. The molecule has 0 saturated carbocycles. The molecular weight excluding hydrogens is 314 g/mol. The van der Waals surface area contributed by atoms with Gasteiger partial charge in [0.2, 0.25) is 0 Å². The number of nitrogens with zero attached hydrogens (tertiary/aromatic N) is 1. The summed E-state index contributed by atoms with van der Waals surface area (Å²) in [5.74, 6) is 0.442. The molecule has 4 rings (SSSR count). The number of ether oxygens (including phenoxy) is 1. The SMILES string of the molecule is Cc1cccc([C@]2(C3CCOCC3)CNC(=O)N2C2CCNCC2)c1. The first kappa shape index (κ1) is 16.9. The van der Waals surface area contributed by atoms with E-state index in [1.165, 1.54) is 11.1 Å². The number of amides is 2. The van der Waals surface area contributed by atoms with Crippen molar-refractivity contribution in [1.29, 1.82) is 0 Å². The lowest BCUT2D eigenvalue weighted by Gasteiger charge is -2.49. The van der Waals surface area contributed by atoms with E-state index in [0.29, 0.717) is 18.5 Å². The molecule has 3 aliphatic heterocycles. The Morgan fingerprint density at radius 2 is 1.92 bits per heavy atom. The second kappa shape index (κ2) is 6.96. The maximum atomic E-state index is 13.0. The van der Waals surface area contributed by atoms with Crippen LogP contribution in [0.4, 0.5) is 4.79 Å². The van der Waals surface area contributed by atoms with Crippen LogP contribution < -0.4 is 10.6 Å². The molecule has 25 heavy (non-hydrogen) atoms. The normalized spacial score (nSPS) is 29.0. The number of aryl methyl sites for hydroxylation is 1. The van der Waals surface area contributed by atoms with Crippen LogP contribution in [0, 0.1) is 12.8 Å². The quantitative estimate of drug-likeness (QED) is 0.886. The van der Waals surface area contributed by atoms with Crippen LogP contribution in [0.3, 0.4) is 0 Å². The third-order valence-electron chi connectivity index (χ3n) is 6.25. The monoisotopic (exact) mass is 343 g/mol. The van der Waals surface area contributed by atoms with E-state index in [9.17, 15) is 4.79 Å². The van der Waals surface area contributed by atoms with Gasteiger partial charge in [0.25, 0.3) is 0 Å². The summed E-state index contributed by atoms with van der Waals surface area (Å²) in [5.41, 5.74) is 2.30. The van der Waals surface area contributed by atoms with Crippen molar-refractivity contribution < 1.29 is 9.53 Å². The summed E-state index contributed by atoms with van der Waals surface area (Å²) in [6.45, 7) is 6.43. The fraction of sp³-hybridized carbons (Fsp3) is 0.650. The van der Waals surface area contributed by atoms with E-state index in [-0.39, 0.29) is 11.6 Å². The summed E-state index contributed by atoms with van der Waals surface area (Å²) in [6.07, 6.45) is 4.10. The molecule has 0 radical (unpaired) electrons. The van der Waals surface area contributed by atoms with Crippen LogP contribution in [-0.2, 0) is 10.3 Å². The van der Waals surface area contributed by atoms with Crippen LogP contribution >= 0.6 is 0 Å². The fourth-order valence-electron chi connectivity index (χ4n) is 5.03. The summed E-state index contributed by atoms with van der Waals surface area (Å²) < 4.78 is 5.64. The minimum absolute atomic E-state index is 0.111. The molecule has 1 atom stereocenters. The summed E-state index contributed by atoms with van der Waals surface area (Å²) in [6, 6.07) is 9.20. The van der Waals surface area contributed by atoms with Gasteiger partial charge in [0.05, 0.1) is 5.54 Å². The predicted octanol–water partition coefficient (Wildman–Crippen LogP) is 2.39. The van der Waals surface area contributed by atoms with E-state index in [4.69, 9.17) is 4.74 Å². The largest absolute Gasteiger partial charge is 0.381 e. The van der Waals surface area contributed by atoms with Crippen molar-refractivity contribution in [1.82, 2.24) is 15.5 Å². The average Bonchev–Trinajstić information content (AvgIpc) is 3.01. The van der Waals surface area contributed by atoms with Crippen LogP contribution in [0.15, 0.2) is 24.3 Å². The Morgan fingerprint density at radius 1 is 1.16 bits per heavy atom. The van der Waals surface area contributed by atoms with E-state index in [1.54, 1.807) is 0 Å². The van der Waals surface area contributed by atoms with Gasteiger partial charge in [0.15, 0.2) is 0 Å². The molecule has 5 heteroatoms. The highest BCUT2D eigenvalue weighted by atomic mass is 16.5. The fourth-order valence-corrected chi connectivity index (χ4v) is 5.03. The maximum Gasteiger partial charge on any atom is 0.318 e. The molecule has 3 heterocycles. The first-order valence-corrected chi connectivity index (χ1v) is 9.64. The lowest BCUT2D eigenvalue weighted by molar-refractivity contribution is -0.0152. The number of carbonyl (C=O) groups excluding carboxylic acids is 1. The Bertz CT molecular complexity index is 623. The molecule has 136 valence electrons. The van der Waals surface area contributed by atoms with Crippen molar-refractivity contribution in [3.05, 3.63) is 35.4 Å². The van der Waals surface area contributed by atoms with Crippen LogP contribution in [-0.4, -0.2) is 49.8 Å². The molecule has 3 saturated heterocycles. The number of piperidine rings is 1.